The maximum Gasteiger partial charge on any atom is 0.260 e. The highest BCUT2D eigenvalue weighted by molar-refractivity contribution is 5.97. The number of benzene rings is 1. The highest BCUT2D eigenvalue weighted by atomic mass is 19.1. The number of amides is 2. The van der Waals surface area contributed by atoms with Gasteiger partial charge in [-0.25, -0.2) is 9.37 Å². The first-order chi connectivity index (χ1) is 18.8. The molecule has 0 aliphatic carbocycles. The van der Waals surface area contributed by atoms with Gasteiger partial charge in [0.2, 0.25) is 0 Å². The second-order valence-corrected chi connectivity index (χ2v) is 10.7. The summed E-state index contributed by atoms with van der Waals surface area (Å²) in [7, 11) is 3.67. The summed E-state index contributed by atoms with van der Waals surface area (Å²) in [6.07, 6.45) is 2.49. The van der Waals surface area contributed by atoms with E-state index in [2.05, 4.69) is 4.90 Å². The third kappa shape index (κ3) is 4.73. The van der Waals surface area contributed by atoms with E-state index in [1.807, 2.05) is 24.1 Å². The summed E-state index contributed by atoms with van der Waals surface area (Å²) < 4.78 is 21.9. The minimum Gasteiger partial charge on any atom is -0.483 e. The van der Waals surface area contributed by atoms with Crippen LogP contribution in [0.2, 0.25) is 0 Å². The average molecular weight is 537 g/mol. The standard InChI is InChI=1S/C27H33FN8O3/c1-32-9-10-33(2)26(37)16-39-22-7-6-17(28)11-19(22)27(38)35-8-4-3-5-21(35)20-12-24-30-23(34-14-18(29)15-34)13-25(32)36(24)31-20/h6-7,11-13,18,21H,3-5,8-10,14-16,29H2,1-2H3. The number of likely N-dealkylation sites (N-methyl/N-ethyl adjacent to an activating group) is 2. The predicted molar refractivity (Wildman–Crippen MR) is 144 cm³/mol. The number of aromatic nitrogens is 3. The van der Waals surface area contributed by atoms with E-state index < -0.39 is 5.82 Å². The van der Waals surface area contributed by atoms with Gasteiger partial charge in [-0.3, -0.25) is 9.59 Å². The zero-order valence-electron chi connectivity index (χ0n) is 22.2. The van der Waals surface area contributed by atoms with Crippen molar-refractivity contribution < 1.29 is 18.7 Å². The predicted octanol–water partition coefficient (Wildman–Crippen LogP) is 1.67. The van der Waals surface area contributed by atoms with E-state index in [9.17, 15) is 14.0 Å². The van der Waals surface area contributed by atoms with Crippen molar-refractivity contribution in [1.29, 1.82) is 0 Å². The Labute approximate surface area is 225 Å². The summed E-state index contributed by atoms with van der Waals surface area (Å²) in [4.78, 5) is 39.1. The molecule has 2 N–H and O–H groups in total. The Balaban J connectivity index is 1.47. The highest BCUT2D eigenvalue weighted by Crippen LogP contribution is 2.35. The Morgan fingerprint density at radius 1 is 1.03 bits per heavy atom. The van der Waals surface area contributed by atoms with Crippen LogP contribution >= 0.6 is 0 Å². The van der Waals surface area contributed by atoms with Gasteiger partial charge in [0, 0.05) is 65.0 Å². The molecule has 0 spiro atoms. The van der Waals surface area contributed by atoms with Crippen molar-refractivity contribution in [3.05, 3.63) is 47.4 Å². The smallest absolute Gasteiger partial charge is 0.260 e. The Bertz CT molecular complexity index is 1420. The molecule has 2 aromatic heterocycles. The Hall–Kier alpha value is -3.93. The number of halogens is 1. The van der Waals surface area contributed by atoms with Gasteiger partial charge in [0.1, 0.15) is 23.2 Å². The van der Waals surface area contributed by atoms with E-state index in [0.29, 0.717) is 25.3 Å². The summed E-state index contributed by atoms with van der Waals surface area (Å²) in [5.74, 6) is 0.694. The monoisotopic (exact) mass is 536 g/mol. The molecule has 0 radical (unpaired) electrons. The molecule has 1 unspecified atom stereocenters. The van der Waals surface area contributed by atoms with Gasteiger partial charge in [-0.15, -0.1) is 0 Å². The van der Waals surface area contributed by atoms with E-state index >= 15 is 0 Å². The molecule has 5 heterocycles. The second kappa shape index (κ2) is 9.99. The number of hydrogen-bond donors (Lipinski definition) is 1. The third-order valence-electron chi connectivity index (χ3n) is 7.86. The average Bonchev–Trinajstić information content (AvgIpc) is 3.35. The maximum atomic E-state index is 14.3. The maximum absolute atomic E-state index is 14.3. The van der Waals surface area contributed by atoms with Gasteiger partial charge < -0.3 is 30.1 Å². The molecule has 2 bridgehead atoms. The van der Waals surface area contributed by atoms with Gasteiger partial charge in [-0.05, 0) is 37.5 Å². The Kier molecular flexibility index (Phi) is 6.49. The van der Waals surface area contributed by atoms with Crippen LogP contribution in [-0.2, 0) is 4.79 Å². The van der Waals surface area contributed by atoms with Gasteiger partial charge in [0.05, 0.1) is 17.3 Å². The summed E-state index contributed by atoms with van der Waals surface area (Å²) in [6.45, 7) is 2.69. The molecule has 39 heavy (non-hydrogen) atoms. The molecule has 1 atom stereocenters. The van der Waals surface area contributed by atoms with Crippen molar-refractivity contribution in [2.75, 3.05) is 63.2 Å². The zero-order valence-corrected chi connectivity index (χ0v) is 22.2. The van der Waals surface area contributed by atoms with Crippen LogP contribution in [0.1, 0.15) is 41.4 Å². The SMILES string of the molecule is CN1CCN(C)c2cc(N3CC(N)C3)nc3cc(nn23)C2CCCCN2C(=O)c2cc(F)ccc2OCC1=O. The van der Waals surface area contributed by atoms with Crippen LogP contribution in [-0.4, -0.2) is 95.7 Å². The second-order valence-electron chi connectivity index (χ2n) is 10.7. The summed E-state index contributed by atoms with van der Waals surface area (Å²) >= 11 is 0. The number of nitrogens with two attached hydrogens (primary N) is 1. The van der Waals surface area contributed by atoms with Crippen LogP contribution in [0.25, 0.3) is 5.65 Å². The van der Waals surface area contributed by atoms with Gasteiger partial charge >= 0.3 is 0 Å². The van der Waals surface area contributed by atoms with Crippen LogP contribution in [0.3, 0.4) is 0 Å². The lowest BCUT2D eigenvalue weighted by Gasteiger charge is -2.38. The molecular weight excluding hydrogens is 503 g/mol. The van der Waals surface area contributed by atoms with E-state index in [-0.39, 0.29) is 41.8 Å². The van der Waals surface area contributed by atoms with Crippen LogP contribution in [0, 0.1) is 5.82 Å². The quantitative estimate of drug-likeness (QED) is 0.500. The summed E-state index contributed by atoms with van der Waals surface area (Å²) in [5, 5.41) is 4.95. The number of nitrogens with zero attached hydrogens (tertiary/aromatic N) is 7. The molecule has 3 aliphatic rings. The molecule has 3 aromatic rings. The van der Waals surface area contributed by atoms with Crippen LogP contribution in [0.15, 0.2) is 30.3 Å². The van der Waals surface area contributed by atoms with Crippen molar-refractivity contribution in [3.63, 3.8) is 0 Å². The normalized spacial score (nSPS) is 21.2. The molecule has 2 saturated heterocycles. The van der Waals surface area contributed by atoms with E-state index in [0.717, 1.165) is 49.7 Å². The van der Waals surface area contributed by atoms with Crippen molar-refractivity contribution in [2.45, 2.75) is 31.3 Å². The van der Waals surface area contributed by atoms with Crippen molar-refractivity contribution in [2.24, 2.45) is 5.73 Å². The molecule has 0 saturated carbocycles. The molecule has 1 aromatic carbocycles. The summed E-state index contributed by atoms with van der Waals surface area (Å²) in [6, 6.07) is 7.58. The molecule has 11 nitrogen and oxygen atoms in total. The van der Waals surface area contributed by atoms with E-state index in [1.165, 1.54) is 18.2 Å². The fraction of sp³-hybridized carbons (Fsp3) is 0.481. The van der Waals surface area contributed by atoms with E-state index in [4.69, 9.17) is 20.6 Å². The molecule has 2 fully saturated rings. The lowest BCUT2D eigenvalue weighted by Crippen LogP contribution is -2.56. The van der Waals surface area contributed by atoms with Gasteiger partial charge in [0.25, 0.3) is 11.8 Å². The molecule has 12 heteroatoms. The largest absolute Gasteiger partial charge is 0.483 e. The fourth-order valence-electron chi connectivity index (χ4n) is 5.48. The Morgan fingerprint density at radius 2 is 1.82 bits per heavy atom. The number of anilines is 2. The topological polar surface area (TPSA) is 113 Å². The molecule has 6 rings (SSSR count). The third-order valence-corrected chi connectivity index (χ3v) is 7.86. The Morgan fingerprint density at radius 3 is 2.62 bits per heavy atom. The molecular formula is C27H33FN8O3. The van der Waals surface area contributed by atoms with Crippen molar-refractivity contribution in [3.8, 4) is 5.75 Å². The first kappa shape index (κ1) is 25.4. The first-order valence-corrected chi connectivity index (χ1v) is 13.4. The first-order valence-electron chi connectivity index (χ1n) is 13.4. The van der Waals surface area contributed by atoms with E-state index in [1.54, 1.807) is 21.4 Å². The zero-order chi connectivity index (χ0) is 27.3. The molecule has 2 amide bonds. The van der Waals surface area contributed by atoms with Crippen molar-refractivity contribution in [1.82, 2.24) is 24.4 Å². The van der Waals surface area contributed by atoms with Gasteiger partial charge in [-0.2, -0.15) is 9.61 Å². The molecule has 3 aliphatic heterocycles. The number of hydrogen-bond acceptors (Lipinski definition) is 8. The molecule has 206 valence electrons. The highest BCUT2D eigenvalue weighted by Gasteiger charge is 2.33. The summed E-state index contributed by atoms with van der Waals surface area (Å²) in [5.41, 5.74) is 7.55. The van der Waals surface area contributed by atoms with Crippen LogP contribution in [0.4, 0.5) is 16.0 Å². The van der Waals surface area contributed by atoms with Gasteiger partial charge in [0.15, 0.2) is 12.3 Å². The number of piperidine rings is 1. The lowest BCUT2D eigenvalue weighted by atomic mass is 9.98. The number of fused-ring (bicyclic) bond motifs is 4. The lowest BCUT2D eigenvalue weighted by molar-refractivity contribution is -0.131. The van der Waals surface area contributed by atoms with Crippen LogP contribution in [0.5, 0.6) is 5.75 Å². The minimum atomic E-state index is -0.542. The van der Waals surface area contributed by atoms with Gasteiger partial charge in [-0.1, -0.05) is 0 Å². The van der Waals surface area contributed by atoms with Crippen LogP contribution < -0.4 is 20.3 Å². The minimum absolute atomic E-state index is 0.100. The number of carbonyl (C=O) groups excluding carboxylic acids is 2. The number of carbonyl (C=O) groups is 2. The fourth-order valence-corrected chi connectivity index (χ4v) is 5.48. The van der Waals surface area contributed by atoms with Crippen molar-refractivity contribution >= 4 is 29.1 Å². The number of rotatable bonds is 1. The number of ether oxygens (including phenoxy) is 1.